The number of rotatable bonds is 7. The summed E-state index contributed by atoms with van der Waals surface area (Å²) in [6, 6.07) is 8.46. The van der Waals surface area contributed by atoms with Crippen molar-refractivity contribution in [2.75, 3.05) is 0 Å². The van der Waals surface area contributed by atoms with E-state index in [-0.39, 0.29) is 13.6 Å². The predicted octanol–water partition coefficient (Wildman–Crippen LogP) is 13.4. The molecule has 2 unspecified atom stereocenters. The van der Waals surface area contributed by atoms with Crippen LogP contribution in [0.1, 0.15) is 145 Å². The molecule has 2 aromatic rings. The van der Waals surface area contributed by atoms with E-state index in [4.69, 9.17) is 0 Å². The third kappa shape index (κ3) is 9.80. The lowest BCUT2D eigenvalue weighted by Gasteiger charge is -2.46. The maximum atomic E-state index is 14.1. The van der Waals surface area contributed by atoms with E-state index < -0.39 is 31.4 Å². The van der Waals surface area contributed by atoms with Crippen LogP contribution in [0.25, 0.3) is 0 Å². The fourth-order valence-electron chi connectivity index (χ4n) is 9.34. The molecular formula is C40H56F6P2. The molecule has 0 aliphatic heterocycles. The zero-order valence-corrected chi connectivity index (χ0v) is 31.0. The highest BCUT2D eigenvalue weighted by molar-refractivity contribution is 7.73. The minimum Gasteiger partial charge on any atom is -0.166 e. The van der Waals surface area contributed by atoms with E-state index in [1.54, 1.807) is 13.8 Å². The van der Waals surface area contributed by atoms with Crippen LogP contribution in [0.15, 0.2) is 36.4 Å². The van der Waals surface area contributed by atoms with Crippen molar-refractivity contribution in [3.63, 3.8) is 0 Å². The average molecular weight is 713 g/mol. The van der Waals surface area contributed by atoms with Crippen LogP contribution in [0.4, 0.5) is 26.3 Å². The van der Waals surface area contributed by atoms with E-state index in [0.29, 0.717) is 33.3 Å². The number of hydrogen-bond acceptors (Lipinski definition) is 0. The predicted molar refractivity (Wildman–Crippen MR) is 193 cm³/mol. The molecule has 0 saturated heterocycles. The number of benzene rings is 2. The van der Waals surface area contributed by atoms with Crippen LogP contribution in [0.3, 0.4) is 0 Å². The molecule has 0 radical (unpaired) electrons. The Labute approximate surface area is 288 Å². The molecule has 4 aliphatic rings. The van der Waals surface area contributed by atoms with Gasteiger partial charge in [0.1, 0.15) is 0 Å². The minimum atomic E-state index is -4.51. The Morgan fingerprint density at radius 2 is 0.917 bits per heavy atom. The van der Waals surface area contributed by atoms with Gasteiger partial charge in [-0.05, 0) is 135 Å². The molecule has 3 atom stereocenters. The third-order valence-corrected chi connectivity index (χ3v) is 18.5. The van der Waals surface area contributed by atoms with Gasteiger partial charge in [-0.3, -0.25) is 0 Å². The highest BCUT2D eigenvalue weighted by Gasteiger charge is 2.45. The number of halogens is 6. The van der Waals surface area contributed by atoms with Gasteiger partial charge in [-0.15, -0.1) is 0 Å². The van der Waals surface area contributed by atoms with Crippen molar-refractivity contribution < 1.29 is 26.3 Å². The smallest absolute Gasteiger partial charge is 0.166 e. The lowest BCUT2D eigenvalue weighted by atomic mass is 9.99. The van der Waals surface area contributed by atoms with E-state index in [1.165, 1.54) is 108 Å². The van der Waals surface area contributed by atoms with Crippen LogP contribution in [0.2, 0.25) is 0 Å². The van der Waals surface area contributed by atoms with Crippen LogP contribution in [0, 0.1) is 19.8 Å². The lowest BCUT2D eigenvalue weighted by molar-refractivity contribution is -0.138. The first kappa shape index (κ1) is 38.1. The first-order chi connectivity index (χ1) is 22.8. The molecule has 0 aromatic heterocycles. The monoisotopic (exact) mass is 712 g/mol. The van der Waals surface area contributed by atoms with Gasteiger partial charge in [0.15, 0.2) is 0 Å². The van der Waals surface area contributed by atoms with Gasteiger partial charge in [0.2, 0.25) is 0 Å². The molecule has 0 spiro atoms. The fourth-order valence-corrected chi connectivity index (χ4v) is 17.7. The quantitative estimate of drug-likeness (QED) is 0.198. The van der Waals surface area contributed by atoms with Gasteiger partial charge in [0.25, 0.3) is 0 Å². The van der Waals surface area contributed by atoms with Crippen molar-refractivity contribution in [1.82, 2.24) is 0 Å². The Balaban J connectivity index is 0.000000825. The highest BCUT2D eigenvalue weighted by atomic mass is 31.1. The summed E-state index contributed by atoms with van der Waals surface area (Å²) >= 11 is 0. The van der Waals surface area contributed by atoms with Crippen LogP contribution < -0.4 is 10.6 Å². The normalized spacial score (nSPS) is 23.8. The van der Waals surface area contributed by atoms with E-state index in [9.17, 15) is 26.3 Å². The molecule has 0 bridgehead atoms. The van der Waals surface area contributed by atoms with Crippen molar-refractivity contribution >= 4 is 26.5 Å². The molecule has 4 saturated carbocycles. The van der Waals surface area contributed by atoms with Crippen LogP contribution in [0.5, 0.6) is 0 Å². The topological polar surface area (TPSA) is 0 Å². The Hall–Kier alpha value is -1.12. The first-order valence-corrected chi connectivity index (χ1v) is 21.7. The second-order valence-electron chi connectivity index (χ2n) is 15.2. The highest BCUT2D eigenvalue weighted by Crippen LogP contribution is 2.64. The molecule has 2 aromatic carbocycles. The van der Waals surface area contributed by atoms with Crippen LogP contribution in [-0.2, 0) is 12.4 Å². The largest absolute Gasteiger partial charge is 0.416 e. The molecule has 48 heavy (non-hydrogen) atoms. The van der Waals surface area contributed by atoms with E-state index in [0.717, 1.165) is 42.7 Å². The van der Waals surface area contributed by atoms with Gasteiger partial charge in [-0.2, -0.15) is 26.3 Å². The van der Waals surface area contributed by atoms with Crippen molar-refractivity contribution in [3.8, 4) is 0 Å². The van der Waals surface area contributed by atoms with Gasteiger partial charge >= 0.3 is 12.4 Å². The maximum Gasteiger partial charge on any atom is 0.416 e. The molecule has 8 heteroatoms. The Bertz CT molecular complexity index is 1210. The van der Waals surface area contributed by atoms with Crippen LogP contribution >= 0.6 is 15.8 Å². The van der Waals surface area contributed by atoms with Gasteiger partial charge in [-0.25, -0.2) is 0 Å². The average Bonchev–Trinajstić information content (AvgIpc) is 3.78. The first-order valence-electron chi connectivity index (χ1n) is 18.8. The van der Waals surface area contributed by atoms with Gasteiger partial charge < -0.3 is 0 Å². The Morgan fingerprint density at radius 1 is 0.521 bits per heavy atom. The molecule has 0 nitrogen and oxygen atoms in total. The summed E-state index contributed by atoms with van der Waals surface area (Å²) in [6.45, 7) is 5.77. The number of aryl methyl sites for hydroxylation is 2. The van der Waals surface area contributed by atoms with E-state index in [1.807, 2.05) is 12.1 Å². The lowest BCUT2D eigenvalue weighted by Crippen LogP contribution is -2.35. The molecule has 0 heterocycles. The summed E-state index contributed by atoms with van der Waals surface area (Å²) in [7, 11) is -1.70. The van der Waals surface area contributed by atoms with Gasteiger partial charge in [0.05, 0.1) is 11.1 Å². The van der Waals surface area contributed by atoms with Crippen molar-refractivity contribution in [1.29, 1.82) is 0 Å². The van der Waals surface area contributed by atoms with Crippen LogP contribution in [-0.4, -0.2) is 22.6 Å². The zero-order valence-electron chi connectivity index (χ0n) is 29.2. The second-order valence-corrected chi connectivity index (χ2v) is 20.8. The Kier molecular flexibility index (Phi) is 13.4. The summed E-state index contributed by atoms with van der Waals surface area (Å²) in [4.78, 5) is 0. The second kappa shape index (κ2) is 16.9. The van der Waals surface area contributed by atoms with Crippen molar-refractivity contribution in [2.45, 2.75) is 171 Å². The Morgan fingerprint density at radius 3 is 1.31 bits per heavy atom. The molecule has 0 amide bonds. The fraction of sp³-hybridized carbons (Fsp3) is 0.700. The van der Waals surface area contributed by atoms with Gasteiger partial charge in [0, 0.05) is 0 Å². The van der Waals surface area contributed by atoms with E-state index >= 15 is 0 Å². The standard InChI is InChI=1S/C35H46F6P2.C5H10/c1-23-17-26(34(36,37)38)21-30(19-23)43(31-20-24(2)18-27(22-31)35(39,40)41)33-16-10-15-32(33)25(3)42(28-11-6-4-7-12-28)29-13-8-5-9-14-29;1-2-4-5-3-1/h17-22,25,28-29,32-33H,4-16H2,1-3H3;1-5H2/t25-,32?,33?;/m1./s1. The molecule has 6 rings (SSSR count). The number of hydrogen-bond donors (Lipinski definition) is 0. The summed E-state index contributed by atoms with van der Waals surface area (Å²) < 4.78 is 84.4. The molecule has 4 fully saturated rings. The van der Waals surface area contributed by atoms with Gasteiger partial charge in [-0.1, -0.05) is 104 Å². The van der Waals surface area contributed by atoms with Crippen molar-refractivity contribution in [3.05, 3.63) is 58.7 Å². The summed E-state index contributed by atoms with van der Waals surface area (Å²) in [5.41, 5.74) is 1.67. The minimum absolute atomic E-state index is 0.0768. The molecular weight excluding hydrogens is 656 g/mol. The summed E-state index contributed by atoms with van der Waals surface area (Å²) in [5, 5.41) is 1.15. The van der Waals surface area contributed by atoms with Crippen molar-refractivity contribution in [2.24, 2.45) is 5.92 Å². The molecule has 268 valence electrons. The SMILES string of the molecule is C1CCCC1.Cc1cc(P(c2cc(C)cc(C(F)(F)F)c2)C2CCCC2[C@@H](C)P(C2CCCCC2)C2CCCCC2)cc(C(F)(F)F)c1. The zero-order chi connectivity index (χ0) is 34.5. The summed E-state index contributed by atoms with van der Waals surface area (Å²) in [6.07, 6.45) is 14.3. The molecule has 0 N–H and O–H groups in total. The summed E-state index contributed by atoms with van der Waals surface area (Å²) in [5.74, 6) is 0.325. The molecule has 4 aliphatic carbocycles. The number of alkyl halides is 6. The maximum absolute atomic E-state index is 14.1. The third-order valence-electron chi connectivity index (χ3n) is 11.5. The van der Waals surface area contributed by atoms with E-state index in [2.05, 4.69) is 6.92 Å².